The first kappa shape index (κ1) is 30.5. The number of carbonyl (C=O) groups is 2. The molecule has 0 unspecified atom stereocenters. The summed E-state index contributed by atoms with van der Waals surface area (Å²) in [6.07, 6.45) is 3.79. The van der Waals surface area contributed by atoms with Crippen molar-refractivity contribution in [2.24, 2.45) is 0 Å². The monoisotopic (exact) mass is 418 g/mol. The molecule has 5 nitrogen and oxygen atoms in total. The van der Waals surface area contributed by atoms with Crippen molar-refractivity contribution in [1.29, 1.82) is 0 Å². The first-order valence-corrected chi connectivity index (χ1v) is 15.1. The molecule has 0 amide bonds. The Kier molecular flexibility index (Phi) is 19.2. The lowest BCUT2D eigenvalue weighted by Crippen LogP contribution is -2.26. The van der Waals surface area contributed by atoms with Crippen LogP contribution in [-0.2, 0) is 13.7 Å². The lowest BCUT2D eigenvalue weighted by atomic mass is 10.1. The third-order valence-corrected chi connectivity index (χ3v) is 8.37. The van der Waals surface area contributed by atoms with Gasteiger partial charge in [-0.05, 0) is 60.2 Å². The molecule has 0 aromatic rings. The molecular formula is C20H42O5Si2. The fourth-order valence-corrected chi connectivity index (χ4v) is 5.39. The Morgan fingerprint density at radius 3 is 1.22 bits per heavy atom. The van der Waals surface area contributed by atoms with Gasteiger partial charge in [-0.3, -0.25) is 0 Å². The van der Waals surface area contributed by atoms with E-state index >= 15 is 0 Å². The van der Waals surface area contributed by atoms with Crippen LogP contribution in [0.15, 0.2) is 22.3 Å². The maximum atomic E-state index is 10.4. The molecule has 0 atom stereocenters. The molecule has 0 aromatic carbocycles. The molecule has 0 saturated heterocycles. The van der Waals surface area contributed by atoms with Crippen LogP contribution in [0, 0.1) is 0 Å². The van der Waals surface area contributed by atoms with Crippen LogP contribution >= 0.6 is 0 Å². The number of carboxylic acids is 2. The van der Waals surface area contributed by atoms with E-state index in [-0.39, 0.29) is 9.76 Å². The van der Waals surface area contributed by atoms with E-state index in [1.54, 1.807) is 13.8 Å². The lowest BCUT2D eigenvalue weighted by molar-refractivity contribution is -0.133. The second kappa shape index (κ2) is 16.9. The Balaban J connectivity index is -0.000000326. The van der Waals surface area contributed by atoms with Gasteiger partial charge in [0.15, 0.2) is 8.32 Å². The minimum atomic E-state index is -1.10. The molecule has 0 aliphatic rings. The Morgan fingerprint density at radius 2 is 1.11 bits per heavy atom. The van der Waals surface area contributed by atoms with E-state index in [9.17, 15) is 9.59 Å². The van der Waals surface area contributed by atoms with Gasteiger partial charge in [-0.25, -0.2) is 9.59 Å². The zero-order valence-corrected chi connectivity index (χ0v) is 21.6. The first-order valence-electron chi connectivity index (χ1n) is 9.68. The van der Waals surface area contributed by atoms with Gasteiger partial charge in [0.05, 0.1) is 0 Å². The van der Waals surface area contributed by atoms with Crippen molar-refractivity contribution in [1.82, 2.24) is 0 Å². The topological polar surface area (TPSA) is 83.8 Å². The number of carboxylic acid groups (broad SMARTS) is 2. The molecule has 160 valence electrons. The maximum absolute atomic E-state index is 10.4. The fraction of sp³-hybridized carbons (Fsp3) is 0.700. The first-order chi connectivity index (χ1) is 12.2. The molecule has 0 radical (unpaired) electrons. The number of aliphatic carboxylic acids is 2. The highest BCUT2D eigenvalue weighted by Gasteiger charge is 2.10. The van der Waals surface area contributed by atoms with Gasteiger partial charge >= 0.3 is 11.9 Å². The summed E-state index contributed by atoms with van der Waals surface area (Å²) in [4.78, 5) is 20.7. The molecule has 2 N–H and O–H groups in total. The molecule has 0 aliphatic carbocycles. The summed E-state index contributed by atoms with van der Waals surface area (Å²) in [5, 5.41) is 17.0. The summed E-state index contributed by atoms with van der Waals surface area (Å²) in [6.45, 7) is 20.0. The third kappa shape index (κ3) is 21.0. The molecule has 27 heavy (non-hydrogen) atoms. The minimum Gasteiger partial charge on any atom is -0.478 e. The molecular weight excluding hydrogens is 376 g/mol. The summed E-state index contributed by atoms with van der Waals surface area (Å²) in [5.41, 5.74) is 2.94. The van der Waals surface area contributed by atoms with Crippen LogP contribution in [0.2, 0.25) is 26.2 Å². The predicted molar refractivity (Wildman–Crippen MR) is 121 cm³/mol. The van der Waals surface area contributed by atoms with Crippen LogP contribution in [0.1, 0.15) is 67.2 Å². The standard InChI is InChI=1S/2C8H14O2.C4H14OSi2/c2*1-4-5-6(2)7(3)8(9)10;1-6-5-7(2,3)4/h2*4-5H2,1-3H3,(H,9,10);6H2,1-4H3. The van der Waals surface area contributed by atoms with Crippen molar-refractivity contribution in [2.45, 2.75) is 93.4 Å². The number of hydrogen-bond donors (Lipinski definition) is 2. The van der Waals surface area contributed by atoms with Gasteiger partial charge in [0.2, 0.25) is 0 Å². The van der Waals surface area contributed by atoms with Crippen molar-refractivity contribution in [2.75, 3.05) is 0 Å². The van der Waals surface area contributed by atoms with Gasteiger partial charge in [-0.2, -0.15) is 0 Å². The molecule has 0 spiro atoms. The molecule has 0 saturated carbocycles. The predicted octanol–water partition coefficient (Wildman–Crippen LogP) is 5.38. The van der Waals surface area contributed by atoms with Crippen LogP contribution < -0.4 is 0 Å². The fourth-order valence-electron chi connectivity index (χ4n) is 1.92. The zero-order valence-electron chi connectivity index (χ0n) is 19.2. The van der Waals surface area contributed by atoms with E-state index in [0.717, 1.165) is 36.8 Å². The highest BCUT2D eigenvalue weighted by molar-refractivity contribution is 6.73. The summed E-state index contributed by atoms with van der Waals surface area (Å²) in [5.74, 6) is -1.60. The zero-order chi connectivity index (χ0) is 22.2. The number of allylic oxidation sites excluding steroid dienone is 2. The largest absolute Gasteiger partial charge is 0.478 e. The van der Waals surface area contributed by atoms with Gasteiger partial charge in [-0.15, -0.1) is 0 Å². The van der Waals surface area contributed by atoms with Gasteiger partial charge in [-0.1, -0.05) is 44.4 Å². The van der Waals surface area contributed by atoms with E-state index in [1.165, 1.54) is 0 Å². The Bertz CT molecular complexity index is 465. The number of hydrogen-bond acceptors (Lipinski definition) is 3. The normalized spacial score (nSPS) is 13.0. The van der Waals surface area contributed by atoms with Gasteiger partial charge < -0.3 is 14.3 Å². The van der Waals surface area contributed by atoms with E-state index in [4.69, 9.17) is 14.3 Å². The third-order valence-electron chi connectivity index (χ3n) is 3.75. The van der Waals surface area contributed by atoms with E-state index in [0.29, 0.717) is 11.1 Å². The average Bonchev–Trinajstić information content (AvgIpc) is 2.53. The molecule has 0 fully saturated rings. The lowest BCUT2D eigenvalue weighted by Gasteiger charge is -2.14. The molecule has 0 aromatic heterocycles. The highest BCUT2D eigenvalue weighted by atomic mass is 28.4. The van der Waals surface area contributed by atoms with Crippen molar-refractivity contribution in [3.63, 3.8) is 0 Å². The Hall–Kier alpha value is -1.19. The van der Waals surface area contributed by atoms with Crippen molar-refractivity contribution in [3.8, 4) is 0 Å². The highest BCUT2D eigenvalue weighted by Crippen LogP contribution is 2.10. The second-order valence-corrected chi connectivity index (χ2v) is 13.4. The van der Waals surface area contributed by atoms with E-state index in [2.05, 4.69) is 26.2 Å². The van der Waals surface area contributed by atoms with Gasteiger partial charge in [0, 0.05) is 11.1 Å². The minimum absolute atomic E-state index is 0.128. The summed E-state index contributed by atoms with van der Waals surface area (Å²) < 4.78 is 5.51. The van der Waals surface area contributed by atoms with E-state index < -0.39 is 20.3 Å². The number of rotatable bonds is 8. The molecule has 0 aliphatic heterocycles. The molecule has 0 bridgehead atoms. The quantitative estimate of drug-likeness (QED) is 0.408. The summed E-state index contributed by atoms with van der Waals surface area (Å²) in [6, 6.07) is 0. The van der Waals surface area contributed by atoms with Gasteiger partial charge in [0.25, 0.3) is 0 Å². The van der Waals surface area contributed by atoms with Crippen LogP contribution in [0.4, 0.5) is 0 Å². The molecule has 7 heteroatoms. The van der Waals surface area contributed by atoms with Crippen molar-refractivity contribution >= 4 is 30.0 Å². The average molecular weight is 419 g/mol. The van der Waals surface area contributed by atoms with Crippen LogP contribution in [0.3, 0.4) is 0 Å². The molecule has 0 heterocycles. The summed E-state index contributed by atoms with van der Waals surface area (Å²) in [7, 11) is -1.22. The van der Waals surface area contributed by atoms with Crippen molar-refractivity contribution < 1.29 is 23.9 Å². The Labute approximate surface area is 170 Å². The maximum Gasteiger partial charge on any atom is 0.331 e. The second-order valence-electron chi connectivity index (χ2n) is 7.47. The van der Waals surface area contributed by atoms with Gasteiger partial charge in [0.1, 0.15) is 9.76 Å². The molecule has 0 rings (SSSR count). The van der Waals surface area contributed by atoms with Crippen molar-refractivity contribution in [3.05, 3.63) is 22.3 Å². The smallest absolute Gasteiger partial charge is 0.331 e. The Morgan fingerprint density at radius 1 is 0.815 bits per heavy atom. The summed E-state index contributed by atoms with van der Waals surface area (Å²) >= 11 is 0. The van der Waals surface area contributed by atoms with Crippen LogP contribution in [0.25, 0.3) is 0 Å². The SMILES string of the molecule is CCCC(C)=C(C)C(=O)O.CCCC(C)=C(C)C(=O)O.C[SiH2]O[Si](C)(C)C. The van der Waals surface area contributed by atoms with Crippen LogP contribution in [-0.4, -0.2) is 40.2 Å². The van der Waals surface area contributed by atoms with E-state index in [1.807, 2.05) is 27.7 Å². The van der Waals surface area contributed by atoms with Crippen LogP contribution in [0.5, 0.6) is 0 Å².